The smallest absolute Gasteiger partial charge is 0.171 e. The molecule has 1 unspecified atom stereocenters. The van der Waals surface area contributed by atoms with Crippen LogP contribution in [0.4, 0.5) is 5.69 Å². The summed E-state index contributed by atoms with van der Waals surface area (Å²) in [7, 11) is 0. The molecule has 0 saturated heterocycles. The third kappa shape index (κ3) is 5.57. The number of benzene rings is 2. The Morgan fingerprint density at radius 2 is 1.70 bits per heavy atom. The molecule has 4 heteroatoms. The molecule has 1 atom stereocenters. The van der Waals surface area contributed by atoms with Gasteiger partial charge in [0.2, 0.25) is 0 Å². The monoisotopic (exact) mass is 328 g/mol. The summed E-state index contributed by atoms with van der Waals surface area (Å²) < 4.78 is 5.64. The van der Waals surface area contributed by atoms with Gasteiger partial charge >= 0.3 is 0 Å². The molecular formula is C19H24N2OS. The standard InChI is InChI=1S/C19H24N2OS/c1-4-18(15-8-6-5-7-9-15)21-19(23)20-16-10-12-17(13-11-16)22-14(2)3/h5-14,18H,4H2,1-3H3,(H2,20,21,23). The molecule has 2 rings (SSSR count). The van der Waals surface area contributed by atoms with Gasteiger partial charge in [0.15, 0.2) is 5.11 Å². The Balaban J connectivity index is 1.93. The van der Waals surface area contributed by atoms with Gasteiger partial charge in [-0.25, -0.2) is 0 Å². The van der Waals surface area contributed by atoms with Gasteiger partial charge in [-0.05, 0) is 62.3 Å². The average molecular weight is 328 g/mol. The van der Waals surface area contributed by atoms with E-state index in [0.29, 0.717) is 5.11 Å². The molecule has 3 nitrogen and oxygen atoms in total. The first kappa shape index (κ1) is 17.3. The quantitative estimate of drug-likeness (QED) is 0.738. The van der Waals surface area contributed by atoms with Gasteiger partial charge in [-0.2, -0.15) is 0 Å². The summed E-state index contributed by atoms with van der Waals surface area (Å²) in [5.41, 5.74) is 2.18. The van der Waals surface area contributed by atoms with Crippen molar-refractivity contribution in [3.8, 4) is 5.75 Å². The predicted molar refractivity (Wildman–Crippen MR) is 101 cm³/mol. The molecular weight excluding hydrogens is 304 g/mol. The minimum atomic E-state index is 0.174. The van der Waals surface area contributed by atoms with Crippen LogP contribution in [-0.2, 0) is 0 Å². The van der Waals surface area contributed by atoms with Crippen LogP contribution in [0.3, 0.4) is 0 Å². The van der Waals surface area contributed by atoms with Crippen LogP contribution >= 0.6 is 12.2 Å². The lowest BCUT2D eigenvalue weighted by molar-refractivity contribution is 0.242. The second-order valence-corrected chi connectivity index (χ2v) is 6.07. The zero-order chi connectivity index (χ0) is 16.7. The van der Waals surface area contributed by atoms with Crippen LogP contribution in [0, 0.1) is 0 Å². The first-order chi connectivity index (χ1) is 11.1. The second-order valence-electron chi connectivity index (χ2n) is 5.66. The molecule has 0 aliphatic rings. The lowest BCUT2D eigenvalue weighted by atomic mass is 10.1. The summed E-state index contributed by atoms with van der Waals surface area (Å²) >= 11 is 5.43. The minimum absolute atomic E-state index is 0.174. The number of hydrogen-bond donors (Lipinski definition) is 2. The second kappa shape index (κ2) is 8.53. The van der Waals surface area contributed by atoms with Crippen LogP contribution in [0.25, 0.3) is 0 Å². The minimum Gasteiger partial charge on any atom is -0.491 e. The van der Waals surface area contributed by atoms with Gasteiger partial charge in [0.25, 0.3) is 0 Å². The van der Waals surface area contributed by atoms with Crippen LogP contribution in [-0.4, -0.2) is 11.2 Å². The van der Waals surface area contributed by atoms with Crippen molar-refractivity contribution >= 4 is 23.0 Å². The fraction of sp³-hybridized carbons (Fsp3) is 0.316. The van der Waals surface area contributed by atoms with E-state index >= 15 is 0 Å². The average Bonchev–Trinajstić information content (AvgIpc) is 2.55. The molecule has 2 aromatic carbocycles. The summed E-state index contributed by atoms with van der Waals surface area (Å²) in [5.74, 6) is 0.861. The maximum atomic E-state index is 5.64. The summed E-state index contributed by atoms with van der Waals surface area (Å²) in [6, 6.07) is 18.4. The summed E-state index contributed by atoms with van der Waals surface area (Å²) in [5, 5.41) is 7.21. The Bertz CT molecular complexity index is 611. The van der Waals surface area contributed by atoms with Gasteiger partial charge in [0, 0.05) is 5.69 Å². The van der Waals surface area contributed by atoms with Crippen molar-refractivity contribution < 1.29 is 4.74 Å². The molecule has 2 N–H and O–H groups in total. The van der Waals surface area contributed by atoms with Crippen molar-refractivity contribution in [3.63, 3.8) is 0 Å². The maximum Gasteiger partial charge on any atom is 0.171 e. The van der Waals surface area contributed by atoms with Crippen molar-refractivity contribution in [2.75, 3.05) is 5.32 Å². The Morgan fingerprint density at radius 3 is 2.26 bits per heavy atom. The number of anilines is 1. The van der Waals surface area contributed by atoms with E-state index in [2.05, 4.69) is 29.7 Å². The Kier molecular flexibility index (Phi) is 6.41. The Morgan fingerprint density at radius 1 is 1.04 bits per heavy atom. The summed E-state index contributed by atoms with van der Waals surface area (Å²) in [4.78, 5) is 0. The third-order valence-electron chi connectivity index (χ3n) is 3.40. The lowest BCUT2D eigenvalue weighted by Crippen LogP contribution is -2.32. The molecule has 0 aliphatic heterocycles. The number of nitrogens with one attached hydrogen (secondary N) is 2. The number of hydrogen-bond acceptors (Lipinski definition) is 2. The fourth-order valence-electron chi connectivity index (χ4n) is 2.32. The van der Waals surface area contributed by atoms with E-state index in [1.165, 1.54) is 5.56 Å². The molecule has 122 valence electrons. The van der Waals surface area contributed by atoms with Gasteiger partial charge in [-0.15, -0.1) is 0 Å². The lowest BCUT2D eigenvalue weighted by Gasteiger charge is -2.20. The molecule has 0 aromatic heterocycles. The highest BCUT2D eigenvalue weighted by atomic mass is 32.1. The predicted octanol–water partition coefficient (Wildman–Crippen LogP) is 4.91. The molecule has 0 amide bonds. The largest absolute Gasteiger partial charge is 0.491 e. The van der Waals surface area contributed by atoms with E-state index in [9.17, 15) is 0 Å². The molecule has 0 aliphatic carbocycles. The first-order valence-corrected chi connectivity index (χ1v) is 8.38. The van der Waals surface area contributed by atoms with Crippen LogP contribution in [0.2, 0.25) is 0 Å². The van der Waals surface area contributed by atoms with Crippen molar-refractivity contribution in [1.82, 2.24) is 5.32 Å². The molecule has 2 aromatic rings. The molecule has 0 bridgehead atoms. The van der Waals surface area contributed by atoms with E-state index in [0.717, 1.165) is 17.9 Å². The Hall–Kier alpha value is -2.07. The highest BCUT2D eigenvalue weighted by molar-refractivity contribution is 7.80. The van der Waals surface area contributed by atoms with E-state index in [4.69, 9.17) is 17.0 Å². The summed E-state index contributed by atoms with van der Waals surface area (Å²) in [6.07, 6.45) is 1.14. The number of rotatable bonds is 6. The molecule has 0 spiro atoms. The van der Waals surface area contributed by atoms with Gasteiger partial charge in [0.1, 0.15) is 5.75 Å². The maximum absolute atomic E-state index is 5.64. The highest BCUT2D eigenvalue weighted by Gasteiger charge is 2.10. The van der Waals surface area contributed by atoms with Crippen LogP contribution in [0.15, 0.2) is 54.6 Å². The SMILES string of the molecule is CCC(NC(=S)Nc1ccc(OC(C)C)cc1)c1ccccc1. The van der Waals surface area contributed by atoms with E-state index in [1.807, 2.05) is 56.3 Å². The summed E-state index contributed by atoms with van der Waals surface area (Å²) in [6.45, 7) is 6.17. The van der Waals surface area contributed by atoms with Gasteiger partial charge in [0.05, 0.1) is 12.1 Å². The van der Waals surface area contributed by atoms with E-state index in [1.54, 1.807) is 0 Å². The molecule has 0 radical (unpaired) electrons. The molecule has 0 saturated carbocycles. The van der Waals surface area contributed by atoms with Crippen molar-refractivity contribution in [3.05, 3.63) is 60.2 Å². The number of thiocarbonyl (C=S) groups is 1. The van der Waals surface area contributed by atoms with Crippen molar-refractivity contribution in [1.29, 1.82) is 0 Å². The van der Waals surface area contributed by atoms with E-state index in [-0.39, 0.29) is 12.1 Å². The van der Waals surface area contributed by atoms with Crippen molar-refractivity contribution in [2.45, 2.75) is 39.3 Å². The van der Waals surface area contributed by atoms with Crippen LogP contribution in [0.1, 0.15) is 38.8 Å². The normalized spacial score (nSPS) is 11.8. The zero-order valence-corrected chi connectivity index (χ0v) is 14.7. The molecule has 0 fully saturated rings. The van der Waals surface area contributed by atoms with Crippen LogP contribution < -0.4 is 15.4 Å². The topological polar surface area (TPSA) is 33.3 Å². The Labute approximate surface area is 144 Å². The van der Waals surface area contributed by atoms with E-state index < -0.39 is 0 Å². The van der Waals surface area contributed by atoms with Gasteiger partial charge < -0.3 is 15.4 Å². The van der Waals surface area contributed by atoms with Gasteiger partial charge in [-0.3, -0.25) is 0 Å². The third-order valence-corrected chi connectivity index (χ3v) is 3.62. The highest BCUT2D eigenvalue weighted by Crippen LogP contribution is 2.18. The van der Waals surface area contributed by atoms with Crippen molar-refractivity contribution in [2.24, 2.45) is 0 Å². The number of ether oxygens (including phenoxy) is 1. The van der Waals surface area contributed by atoms with Gasteiger partial charge in [-0.1, -0.05) is 37.3 Å². The van der Waals surface area contributed by atoms with Crippen LogP contribution in [0.5, 0.6) is 5.75 Å². The first-order valence-electron chi connectivity index (χ1n) is 7.97. The molecule has 23 heavy (non-hydrogen) atoms. The fourth-order valence-corrected chi connectivity index (χ4v) is 2.58. The molecule has 0 heterocycles. The zero-order valence-electron chi connectivity index (χ0n) is 13.9.